The number of ether oxygens (including phenoxy) is 1. The van der Waals surface area contributed by atoms with Crippen molar-refractivity contribution in [2.75, 3.05) is 6.61 Å². The molecule has 4 N–H and O–H groups in total. The molecule has 0 bridgehead atoms. The Labute approximate surface area is 163 Å². The van der Waals surface area contributed by atoms with Gasteiger partial charge in [0.25, 0.3) is 0 Å². The quantitative estimate of drug-likeness (QED) is 0.682. The van der Waals surface area contributed by atoms with Crippen molar-refractivity contribution >= 4 is 11.8 Å². The lowest BCUT2D eigenvalue weighted by Crippen LogP contribution is -2.67. The van der Waals surface area contributed by atoms with Crippen LogP contribution in [-0.4, -0.2) is 46.4 Å². The van der Waals surface area contributed by atoms with Gasteiger partial charge in [0.2, 0.25) is 11.4 Å². The number of halogens is 1. The summed E-state index contributed by atoms with van der Waals surface area (Å²) in [7, 11) is 0. The van der Waals surface area contributed by atoms with Crippen molar-refractivity contribution in [3.05, 3.63) is 47.4 Å². The lowest BCUT2D eigenvalue weighted by Gasteiger charge is -2.37. The number of aliphatic hydroxyl groups excluding tert-OH is 1. The number of amides is 2. The molecule has 1 aromatic rings. The summed E-state index contributed by atoms with van der Waals surface area (Å²) in [6.07, 6.45) is 0.788. The van der Waals surface area contributed by atoms with Gasteiger partial charge in [-0.15, -0.1) is 0 Å². The summed E-state index contributed by atoms with van der Waals surface area (Å²) in [4.78, 5) is 26.4. The Bertz CT molecular complexity index is 803. The first-order chi connectivity index (χ1) is 13.1. The van der Waals surface area contributed by atoms with E-state index in [1.807, 2.05) is 20.8 Å². The predicted octanol–water partition coefficient (Wildman–Crippen LogP) is 2.16. The molecular weight excluding hydrogens is 365 g/mol. The fourth-order valence-electron chi connectivity index (χ4n) is 3.33. The Balaban J connectivity index is 1.83. The highest BCUT2D eigenvalue weighted by Crippen LogP contribution is 2.30. The van der Waals surface area contributed by atoms with Crippen molar-refractivity contribution in [3.8, 4) is 0 Å². The highest BCUT2D eigenvalue weighted by atomic mass is 19.1. The standard InChI is InChI=1S/C20H26FN3O4/c1-19(2,3)13-6-4-12(5-7-13)17(26)20(22)15(21)10-24(18(27)23-20)16-9-8-14(11-25)28-16/h4-7,10,14,16,25H,8-9,11,22H2,1-3H3,(H,23,27)/t14-,16+,20?/m0/s1. The fourth-order valence-corrected chi connectivity index (χ4v) is 3.33. The number of carbonyl (C=O) groups is 2. The van der Waals surface area contributed by atoms with E-state index in [0.29, 0.717) is 12.8 Å². The van der Waals surface area contributed by atoms with Crippen LogP contribution in [0.2, 0.25) is 0 Å². The van der Waals surface area contributed by atoms with Gasteiger partial charge in [-0.25, -0.2) is 9.18 Å². The first-order valence-electron chi connectivity index (χ1n) is 9.25. The zero-order valence-corrected chi connectivity index (χ0v) is 16.2. The summed E-state index contributed by atoms with van der Waals surface area (Å²) in [6, 6.07) is 6.00. The van der Waals surface area contributed by atoms with Gasteiger partial charge < -0.3 is 15.2 Å². The molecule has 1 fully saturated rings. The van der Waals surface area contributed by atoms with E-state index in [1.165, 1.54) is 0 Å². The maximum Gasteiger partial charge on any atom is 0.325 e. The van der Waals surface area contributed by atoms with Crippen molar-refractivity contribution in [2.24, 2.45) is 5.73 Å². The van der Waals surface area contributed by atoms with E-state index in [0.717, 1.165) is 16.7 Å². The van der Waals surface area contributed by atoms with Crippen LogP contribution in [0.1, 0.15) is 49.5 Å². The Morgan fingerprint density at radius 1 is 1.36 bits per heavy atom. The molecule has 7 nitrogen and oxygen atoms in total. The monoisotopic (exact) mass is 391 g/mol. The molecule has 8 heteroatoms. The third kappa shape index (κ3) is 3.67. The van der Waals surface area contributed by atoms with Gasteiger partial charge in [0.1, 0.15) is 6.23 Å². The SMILES string of the molecule is CC(C)(C)c1ccc(C(=O)C2(N)NC(=O)N([C@H]3CC[C@@H](CO)O3)C=C2F)cc1. The minimum absolute atomic E-state index is 0.0968. The van der Waals surface area contributed by atoms with Crippen LogP contribution in [0.3, 0.4) is 0 Å². The van der Waals surface area contributed by atoms with Crippen LogP contribution in [0.15, 0.2) is 36.3 Å². The van der Waals surface area contributed by atoms with E-state index in [2.05, 4.69) is 5.32 Å². The minimum Gasteiger partial charge on any atom is -0.394 e. The molecule has 28 heavy (non-hydrogen) atoms. The van der Waals surface area contributed by atoms with Crippen LogP contribution in [-0.2, 0) is 10.2 Å². The van der Waals surface area contributed by atoms with Gasteiger partial charge in [0.15, 0.2) is 5.83 Å². The van der Waals surface area contributed by atoms with Crippen molar-refractivity contribution in [1.29, 1.82) is 0 Å². The Morgan fingerprint density at radius 2 is 2.00 bits per heavy atom. The van der Waals surface area contributed by atoms with Crippen LogP contribution in [0.4, 0.5) is 9.18 Å². The summed E-state index contributed by atoms with van der Waals surface area (Å²) < 4.78 is 20.4. The molecule has 1 unspecified atom stereocenters. The number of nitrogens with one attached hydrogen (secondary N) is 1. The summed E-state index contributed by atoms with van der Waals surface area (Å²) in [6.45, 7) is 5.94. The smallest absolute Gasteiger partial charge is 0.325 e. The molecule has 0 saturated carbocycles. The van der Waals surface area contributed by atoms with E-state index in [-0.39, 0.29) is 17.6 Å². The number of aliphatic hydroxyl groups is 1. The van der Waals surface area contributed by atoms with E-state index in [9.17, 15) is 14.0 Å². The lowest BCUT2D eigenvalue weighted by atomic mass is 9.85. The first kappa shape index (κ1) is 20.4. The van der Waals surface area contributed by atoms with Crippen LogP contribution >= 0.6 is 0 Å². The van der Waals surface area contributed by atoms with Gasteiger partial charge in [-0.05, 0) is 23.8 Å². The maximum atomic E-state index is 14.8. The molecule has 0 aliphatic carbocycles. The van der Waals surface area contributed by atoms with E-state index < -0.39 is 35.6 Å². The topological polar surface area (TPSA) is 105 Å². The number of rotatable bonds is 4. The second-order valence-corrected chi connectivity index (χ2v) is 8.25. The van der Waals surface area contributed by atoms with Crippen LogP contribution in [0, 0.1) is 0 Å². The van der Waals surface area contributed by atoms with Gasteiger partial charge >= 0.3 is 6.03 Å². The molecule has 152 valence electrons. The number of ketones is 1. The molecule has 0 radical (unpaired) electrons. The summed E-state index contributed by atoms with van der Waals surface area (Å²) in [5, 5.41) is 11.4. The number of Topliss-reactive ketones (excluding diaryl/α,β-unsaturated/α-hetero) is 1. The van der Waals surface area contributed by atoms with Crippen LogP contribution in [0.25, 0.3) is 0 Å². The van der Waals surface area contributed by atoms with E-state index in [4.69, 9.17) is 15.6 Å². The summed E-state index contributed by atoms with van der Waals surface area (Å²) in [5.41, 5.74) is 4.82. The molecule has 0 spiro atoms. The number of urea groups is 1. The lowest BCUT2D eigenvalue weighted by molar-refractivity contribution is -0.0394. The normalized spacial score (nSPS) is 28.1. The third-order valence-electron chi connectivity index (χ3n) is 5.14. The van der Waals surface area contributed by atoms with Crippen LogP contribution < -0.4 is 11.1 Å². The largest absolute Gasteiger partial charge is 0.394 e. The minimum atomic E-state index is -2.27. The number of nitrogens with two attached hydrogens (primary N) is 1. The zero-order valence-electron chi connectivity index (χ0n) is 16.2. The molecule has 2 amide bonds. The zero-order chi connectivity index (χ0) is 20.7. The first-order valence-corrected chi connectivity index (χ1v) is 9.25. The van der Waals surface area contributed by atoms with Gasteiger partial charge in [-0.2, -0.15) is 0 Å². The number of benzene rings is 1. The molecule has 2 aliphatic rings. The van der Waals surface area contributed by atoms with E-state index in [1.54, 1.807) is 24.3 Å². The number of hydrogen-bond acceptors (Lipinski definition) is 5. The Kier molecular flexibility index (Phi) is 5.31. The van der Waals surface area contributed by atoms with Crippen molar-refractivity contribution in [2.45, 2.75) is 57.0 Å². The summed E-state index contributed by atoms with van der Waals surface area (Å²) >= 11 is 0. The Hall–Kier alpha value is -2.29. The number of hydrogen-bond donors (Lipinski definition) is 3. The average Bonchev–Trinajstić information content (AvgIpc) is 3.12. The van der Waals surface area contributed by atoms with Gasteiger partial charge in [0.05, 0.1) is 12.7 Å². The summed E-state index contributed by atoms with van der Waals surface area (Å²) in [5.74, 6) is -1.72. The molecule has 0 aromatic heterocycles. The van der Waals surface area contributed by atoms with Gasteiger partial charge in [-0.3, -0.25) is 15.4 Å². The Morgan fingerprint density at radius 3 is 2.54 bits per heavy atom. The molecule has 2 heterocycles. The van der Waals surface area contributed by atoms with Crippen LogP contribution in [0.5, 0.6) is 0 Å². The van der Waals surface area contributed by atoms with Crippen molar-refractivity contribution in [1.82, 2.24) is 10.2 Å². The molecule has 1 saturated heterocycles. The van der Waals surface area contributed by atoms with Gasteiger partial charge in [-0.1, -0.05) is 45.0 Å². The highest BCUT2D eigenvalue weighted by Gasteiger charge is 2.47. The predicted molar refractivity (Wildman–Crippen MR) is 101 cm³/mol. The second kappa shape index (κ2) is 7.27. The molecule has 3 rings (SSSR count). The molecule has 1 aromatic carbocycles. The maximum absolute atomic E-state index is 14.8. The second-order valence-electron chi connectivity index (χ2n) is 8.25. The number of nitrogens with zero attached hydrogens (tertiary/aromatic N) is 1. The van der Waals surface area contributed by atoms with E-state index >= 15 is 0 Å². The van der Waals surface area contributed by atoms with Crippen molar-refractivity contribution < 1.29 is 23.8 Å². The molecular formula is C20H26FN3O4. The average molecular weight is 391 g/mol. The molecule has 3 atom stereocenters. The molecule has 2 aliphatic heterocycles. The third-order valence-corrected chi connectivity index (χ3v) is 5.14. The fraction of sp³-hybridized carbons (Fsp3) is 0.500. The highest BCUT2D eigenvalue weighted by molar-refractivity contribution is 6.07. The van der Waals surface area contributed by atoms with Crippen molar-refractivity contribution in [3.63, 3.8) is 0 Å². The number of carbonyl (C=O) groups excluding carboxylic acids is 2. The van der Waals surface area contributed by atoms with Gasteiger partial charge in [0, 0.05) is 11.8 Å².